The average Bonchev–Trinajstić information content (AvgIpc) is 2.87. The minimum atomic E-state index is -0.585. The topological polar surface area (TPSA) is 67.9 Å². The van der Waals surface area contributed by atoms with Crippen LogP contribution >= 0.6 is 11.6 Å². The molecule has 0 radical (unpaired) electrons. The highest BCUT2D eigenvalue weighted by Crippen LogP contribution is 2.33. The van der Waals surface area contributed by atoms with E-state index >= 15 is 0 Å². The van der Waals surface area contributed by atoms with E-state index in [9.17, 15) is 9.59 Å². The number of carbonyl (C=O) groups excluding carboxylic acids is 2. The van der Waals surface area contributed by atoms with Crippen molar-refractivity contribution in [2.24, 2.45) is 0 Å². The molecule has 6 nitrogen and oxygen atoms in total. The molecule has 0 atom stereocenters. The van der Waals surface area contributed by atoms with Crippen LogP contribution < -0.4 is 19.7 Å². The lowest BCUT2D eigenvalue weighted by Crippen LogP contribution is -2.32. The van der Waals surface area contributed by atoms with Crippen LogP contribution in [0.15, 0.2) is 59.3 Å². The molecule has 2 aromatic rings. The number of nitrogens with zero attached hydrogens (tertiary/aromatic N) is 1. The lowest BCUT2D eigenvalue weighted by molar-refractivity contribution is -0.120. The van der Waals surface area contributed by atoms with E-state index in [1.165, 1.54) is 7.11 Å². The highest BCUT2D eigenvalue weighted by atomic mass is 35.5. The zero-order valence-corrected chi connectivity index (χ0v) is 15.0. The molecule has 0 unspecified atom stereocenters. The molecule has 1 aliphatic rings. The van der Waals surface area contributed by atoms with Crippen molar-refractivity contribution in [3.8, 4) is 11.5 Å². The molecule has 2 amide bonds. The van der Waals surface area contributed by atoms with Gasteiger partial charge in [0.15, 0.2) is 0 Å². The number of methoxy groups -OCH3 is 1. The first-order valence-corrected chi connectivity index (χ1v) is 8.36. The molecule has 2 aromatic carbocycles. The van der Waals surface area contributed by atoms with Gasteiger partial charge in [-0.05, 0) is 43.3 Å². The third-order valence-corrected chi connectivity index (χ3v) is 4.15. The largest absolute Gasteiger partial charge is 0.495 e. The summed E-state index contributed by atoms with van der Waals surface area (Å²) in [6.45, 7) is 2.40. The monoisotopic (exact) mass is 372 g/mol. The lowest BCUT2D eigenvalue weighted by Gasteiger charge is -2.16. The van der Waals surface area contributed by atoms with Gasteiger partial charge in [0.1, 0.15) is 22.2 Å². The Morgan fingerprint density at radius 2 is 1.73 bits per heavy atom. The second kappa shape index (κ2) is 7.49. The predicted molar refractivity (Wildman–Crippen MR) is 99.6 cm³/mol. The summed E-state index contributed by atoms with van der Waals surface area (Å²) in [6, 6.07) is 13.7. The molecule has 0 bridgehead atoms. The molecule has 1 aliphatic heterocycles. The highest BCUT2D eigenvalue weighted by Gasteiger charge is 2.39. The smallest absolute Gasteiger partial charge is 0.283 e. The van der Waals surface area contributed by atoms with Crippen molar-refractivity contribution in [3.05, 3.63) is 59.3 Å². The number of carbonyl (C=O) groups is 2. The molecular weight excluding hydrogens is 356 g/mol. The molecule has 0 spiro atoms. The van der Waals surface area contributed by atoms with Crippen LogP contribution in [0.4, 0.5) is 11.4 Å². The Labute approximate surface area is 156 Å². The first kappa shape index (κ1) is 17.8. The third kappa shape index (κ3) is 3.23. The molecule has 0 saturated carbocycles. The van der Waals surface area contributed by atoms with Crippen LogP contribution in [0.3, 0.4) is 0 Å². The third-order valence-electron chi connectivity index (χ3n) is 3.80. The van der Waals surface area contributed by atoms with Gasteiger partial charge in [0.2, 0.25) is 0 Å². The summed E-state index contributed by atoms with van der Waals surface area (Å²) in [4.78, 5) is 26.3. The summed E-state index contributed by atoms with van der Waals surface area (Å²) in [6.07, 6.45) is 0. The summed E-state index contributed by atoms with van der Waals surface area (Å²) < 4.78 is 10.6. The van der Waals surface area contributed by atoms with E-state index in [1.807, 2.05) is 6.92 Å². The first-order valence-electron chi connectivity index (χ1n) is 7.98. The number of para-hydroxylation sites is 2. The van der Waals surface area contributed by atoms with Crippen LogP contribution in [0.1, 0.15) is 6.92 Å². The fraction of sp³-hybridized carbons (Fsp3) is 0.158. The number of imide groups is 1. The van der Waals surface area contributed by atoms with Gasteiger partial charge in [-0.1, -0.05) is 23.7 Å². The van der Waals surface area contributed by atoms with Gasteiger partial charge in [-0.3, -0.25) is 9.59 Å². The van der Waals surface area contributed by atoms with Crippen LogP contribution in [0.2, 0.25) is 0 Å². The number of halogens is 1. The number of nitrogens with one attached hydrogen (secondary N) is 1. The molecule has 26 heavy (non-hydrogen) atoms. The van der Waals surface area contributed by atoms with Crippen molar-refractivity contribution in [2.45, 2.75) is 6.92 Å². The van der Waals surface area contributed by atoms with E-state index in [2.05, 4.69) is 5.32 Å². The zero-order chi connectivity index (χ0) is 18.7. The molecule has 0 aromatic heterocycles. The molecule has 134 valence electrons. The maximum atomic E-state index is 12.8. The first-order chi connectivity index (χ1) is 12.6. The Morgan fingerprint density at radius 1 is 1.04 bits per heavy atom. The summed E-state index contributed by atoms with van der Waals surface area (Å²) in [5, 5.41) is 2.74. The van der Waals surface area contributed by atoms with Gasteiger partial charge in [0, 0.05) is 0 Å². The fourth-order valence-electron chi connectivity index (χ4n) is 2.59. The molecule has 0 aliphatic carbocycles. The maximum absolute atomic E-state index is 12.8. The van der Waals surface area contributed by atoms with Crippen molar-refractivity contribution in [1.29, 1.82) is 0 Å². The average molecular weight is 373 g/mol. The molecule has 0 saturated heterocycles. The minimum absolute atomic E-state index is 0.00931. The number of rotatable bonds is 6. The van der Waals surface area contributed by atoms with Crippen LogP contribution in [0.25, 0.3) is 0 Å². The predicted octanol–water partition coefficient (Wildman–Crippen LogP) is 3.53. The van der Waals surface area contributed by atoms with Crippen molar-refractivity contribution < 1.29 is 19.1 Å². The quantitative estimate of drug-likeness (QED) is 0.786. The lowest BCUT2D eigenvalue weighted by atomic mass is 10.2. The number of hydrogen-bond donors (Lipinski definition) is 1. The Morgan fingerprint density at radius 3 is 2.38 bits per heavy atom. The van der Waals surface area contributed by atoms with Gasteiger partial charge in [-0.15, -0.1) is 0 Å². The van der Waals surface area contributed by atoms with Crippen molar-refractivity contribution >= 4 is 34.8 Å². The molecule has 3 rings (SSSR count). The van der Waals surface area contributed by atoms with Gasteiger partial charge in [-0.2, -0.15) is 0 Å². The SMILES string of the molecule is CCOc1ccc(N2C(=O)C(Cl)=C(Nc3ccccc3OC)C2=O)cc1. The van der Waals surface area contributed by atoms with Crippen molar-refractivity contribution in [2.75, 3.05) is 23.9 Å². The van der Waals surface area contributed by atoms with E-state index in [-0.39, 0.29) is 10.7 Å². The van der Waals surface area contributed by atoms with E-state index in [1.54, 1.807) is 48.5 Å². The molecule has 0 fully saturated rings. The Hall–Kier alpha value is -2.99. The van der Waals surface area contributed by atoms with Gasteiger partial charge >= 0.3 is 0 Å². The van der Waals surface area contributed by atoms with E-state index in [4.69, 9.17) is 21.1 Å². The Bertz CT molecular complexity index is 877. The van der Waals surface area contributed by atoms with Gasteiger partial charge in [-0.25, -0.2) is 4.90 Å². The van der Waals surface area contributed by atoms with E-state index < -0.39 is 11.8 Å². The summed E-state index contributed by atoms with van der Waals surface area (Å²) >= 11 is 6.13. The molecular formula is C19H17ClN2O4. The second-order valence-electron chi connectivity index (χ2n) is 5.39. The van der Waals surface area contributed by atoms with Gasteiger partial charge in [0.25, 0.3) is 11.8 Å². The van der Waals surface area contributed by atoms with Gasteiger partial charge < -0.3 is 14.8 Å². The number of anilines is 2. The van der Waals surface area contributed by atoms with Crippen LogP contribution in [0, 0.1) is 0 Å². The van der Waals surface area contributed by atoms with Crippen LogP contribution in [-0.2, 0) is 9.59 Å². The second-order valence-corrected chi connectivity index (χ2v) is 5.76. The highest BCUT2D eigenvalue weighted by molar-refractivity contribution is 6.53. The normalized spacial score (nSPS) is 14.0. The Balaban J connectivity index is 1.87. The summed E-state index contributed by atoms with van der Waals surface area (Å²) in [5.41, 5.74) is 0.964. The van der Waals surface area contributed by atoms with Gasteiger partial charge in [0.05, 0.1) is 25.1 Å². The maximum Gasteiger partial charge on any atom is 0.283 e. The van der Waals surface area contributed by atoms with Crippen LogP contribution in [0.5, 0.6) is 11.5 Å². The minimum Gasteiger partial charge on any atom is -0.495 e. The number of benzene rings is 2. The zero-order valence-electron chi connectivity index (χ0n) is 14.3. The van der Waals surface area contributed by atoms with Crippen molar-refractivity contribution in [3.63, 3.8) is 0 Å². The Kier molecular flexibility index (Phi) is 5.14. The number of amides is 2. The van der Waals surface area contributed by atoms with Crippen LogP contribution in [-0.4, -0.2) is 25.5 Å². The molecule has 1 N–H and O–H groups in total. The standard InChI is InChI=1S/C19H17ClN2O4/c1-3-26-13-10-8-12(9-11-13)22-18(23)16(20)17(19(22)24)21-14-6-4-5-7-15(14)25-2/h4-11,21H,3H2,1-2H3. The number of hydrogen-bond acceptors (Lipinski definition) is 5. The molecule has 1 heterocycles. The molecule has 7 heteroatoms. The summed E-state index contributed by atoms with van der Waals surface area (Å²) in [7, 11) is 1.52. The van der Waals surface area contributed by atoms with E-state index in [0.717, 1.165) is 4.90 Å². The summed E-state index contributed by atoms with van der Waals surface area (Å²) in [5.74, 6) is 0.0688. The number of ether oxygens (including phenoxy) is 2. The fourth-order valence-corrected chi connectivity index (χ4v) is 2.80. The van der Waals surface area contributed by atoms with Crippen molar-refractivity contribution in [1.82, 2.24) is 0 Å². The van der Waals surface area contributed by atoms with E-state index in [0.29, 0.717) is 29.5 Å².